The molecule has 0 N–H and O–H groups in total. The highest BCUT2D eigenvalue weighted by Crippen LogP contribution is 2.20. The topological polar surface area (TPSA) is 25.8 Å². The molecule has 0 aliphatic carbocycles. The largest absolute Gasteiger partial charge is 0.225 e. The number of hydrogen-bond donors (Lipinski definition) is 0. The van der Waals surface area contributed by atoms with E-state index in [0.717, 1.165) is 20.8 Å². The average molecular weight is 340 g/mol. The second kappa shape index (κ2) is 6.08. The summed E-state index contributed by atoms with van der Waals surface area (Å²) in [6.07, 6.45) is 1.18. The predicted molar refractivity (Wildman–Crippen MR) is 68.5 cm³/mol. The Bertz CT molecular complexity index is 287. The molecule has 0 aliphatic heterocycles. The van der Waals surface area contributed by atoms with Crippen molar-refractivity contribution in [2.75, 3.05) is 0 Å². The zero-order valence-electron chi connectivity index (χ0n) is 8.13. The lowest BCUT2D eigenvalue weighted by atomic mass is 10.4. The highest BCUT2D eigenvalue weighted by Gasteiger charge is 2.04. The standard InChI is InChI=1S/C9H12Br2N2S/c1-3-6(2)14-5-9-12-7(10)4-8(11)13-9/h4,6H,3,5H2,1-2H3. The lowest BCUT2D eigenvalue weighted by Gasteiger charge is -2.07. The van der Waals surface area contributed by atoms with Gasteiger partial charge in [-0.2, -0.15) is 11.8 Å². The Morgan fingerprint density at radius 2 is 1.93 bits per heavy atom. The van der Waals surface area contributed by atoms with Crippen molar-refractivity contribution in [3.8, 4) is 0 Å². The summed E-state index contributed by atoms with van der Waals surface area (Å²) < 4.78 is 1.67. The average Bonchev–Trinajstić information content (AvgIpc) is 2.12. The fourth-order valence-electron chi connectivity index (χ4n) is 0.834. The number of hydrogen-bond acceptors (Lipinski definition) is 3. The summed E-state index contributed by atoms with van der Waals surface area (Å²) in [7, 11) is 0. The van der Waals surface area contributed by atoms with Crippen LogP contribution in [0.1, 0.15) is 26.1 Å². The van der Waals surface area contributed by atoms with E-state index < -0.39 is 0 Å². The smallest absolute Gasteiger partial charge is 0.140 e. The molecule has 14 heavy (non-hydrogen) atoms. The van der Waals surface area contributed by atoms with Gasteiger partial charge in [-0.3, -0.25) is 0 Å². The Kier molecular flexibility index (Phi) is 5.41. The van der Waals surface area contributed by atoms with Gasteiger partial charge in [-0.25, -0.2) is 9.97 Å². The molecule has 0 amide bonds. The summed E-state index contributed by atoms with van der Waals surface area (Å²) in [6, 6.07) is 1.84. The van der Waals surface area contributed by atoms with Crippen molar-refractivity contribution in [2.24, 2.45) is 0 Å². The second-order valence-electron chi connectivity index (χ2n) is 2.96. The molecule has 78 valence electrons. The minimum atomic E-state index is 0.663. The van der Waals surface area contributed by atoms with Crippen LogP contribution in [-0.4, -0.2) is 15.2 Å². The third-order valence-electron chi connectivity index (χ3n) is 1.78. The molecule has 1 atom stereocenters. The maximum absolute atomic E-state index is 4.29. The van der Waals surface area contributed by atoms with Gasteiger partial charge in [0.2, 0.25) is 0 Å². The Hall–Kier alpha value is 0.390. The van der Waals surface area contributed by atoms with Crippen molar-refractivity contribution in [3.63, 3.8) is 0 Å². The van der Waals surface area contributed by atoms with Gasteiger partial charge in [0.1, 0.15) is 15.0 Å². The van der Waals surface area contributed by atoms with Crippen molar-refractivity contribution < 1.29 is 0 Å². The number of halogens is 2. The van der Waals surface area contributed by atoms with Crippen LogP contribution < -0.4 is 0 Å². The molecule has 0 spiro atoms. The highest BCUT2D eigenvalue weighted by atomic mass is 79.9. The maximum Gasteiger partial charge on any atom is 0.140 e. The van der Waals surface area contributed by atoms with Crippen LogP contribution in [0.3, 0.4) is 0 Å². The zero-order valence-corrected chi connectivity index (χ0v) is 12.1. The Morgan fingerprint density at radius 1 is 1.36 bits per heavy atom. The van der Waals surface area contributed by atoms with Crippen molar-refractivity contribution >= 4 is 43.6 Å². The molecule has 0 saturated heterocycles. The number of nitrogens with zero attached hydrogens (tertiary/aromatic N) is 2. The molecular formula is C9H12Br2N2S. The Balaban J connectivity index is 2.58. The van der Waals surface area contributed by atoms with E-state index in [4.69, 9.17) is 0 Å². The summed E-state index contributed by atoms with van der Waals surface area (Å²) in [4.78, 5) is 8.59. The molecule has 1 aromatic rings. The van der Waals surface area contributed by atoms with Gasteiger partial charge in [0.05, 0.1) is 5.75 Å². The van der Waals surface area contributed by atoms with Crippen LogP contribution in [0.4, 0.5) is 0 Å². The van der Waals surface area contributed by atoms with Gasteiger partial charge in [-0.05, 0) is 38.3 Å². The van der Waals surface area contributed by atoms with E-state index in [-0.39, 0.29) is 0 Å². The predicted octanol–water partition coefficient (Wildman–Crippen LogP) is 4.03. The van der Waals surface area contributed by atoms with Gasteiger partial charge in [0.25, 0.3) is 0 Å². The molecule has 0 fully saturated rings. The first-order chi connectivity index (χ1) is 6.61. The first-order valence-corrected chi connectivity index (χ1v) is 7.06. The van der Waals surface area contributed by atoms with Crippen LogP contribution >= 0.6 is 43.6 Å². The molecule has 1 aromatic heterocycles. The van der Waals surface area contributed by atoms with Crippen LogP contribution in [0.25, 0.3) is 0 Å². The Morgan fingerprint density at radius 3 is 2.43 bits per heavy atom. The fourth-order valence-corrected chi connectivity index (χ4v) is 2.78. The van der Waals surface area contributed by atoms with Gasteiger partial charge in [-0.15, -0.1) is 0 Å². The minimum absolute atomic E-state index is 0.663. The van der Waals surface area contributed by atoms with Crippen LogP contribution in [0.15, 0.2) is 15.3 Å². The molecule has 0 bridgehead atoms. The fraction of sp³-hybridized carbons (Fsp3) is 0.556. The molecule has 1 rings (SSSR count). The lowest BCUT2D eigenvalue weighted by molar-refractivity contribution is 0.899. The summed E-state index contributed by atoms with van der Waals surface area (Å²) in [5.74, 6) is 1.74. The number of thioether (sulfide) groups is 1. The molecule has 1 unspecified atom stereocenters. The van der Waals surface area contributed by atoms with Crippen molar-refractivity contribution in [2.45, 2.75) is 31.3 Å². The van der Waals surface area contributed by atoms with E-state index >= 15 is 0 Å². The van der Waals surface area contributed by atoms with Crippen LogP contribution in [-0.2, 0) is 5.75 Å². The summed E-state index contributed by atoms with van der Waals surface area (Å²) in [6.45, 7) is 4.41. The minimum Gasteiger partial charge on any atom is -0.225 e. The van der Waals surface area contributed by atoms with Gasteiger partial charge in [-0.1, -0.05) is 13.8 Å². The summed E-state index contributed by atoms with van der Waals surface area (Å²) >= 11 is 8.57. The molecule has 0 saturated carbocycles. The summed E-state index contributed by atoms with van der Waals surface area (Å²) in [5, 5.41) is 0.663. The molecule has 0 aliphatic rings. The molecule has 0 radical (unpaired) electrons. The quantitative estimate of drug-likeness (QED) is 0.774. The van der Waals surface area contributed by atoms with Gasteiger partial charge >= 0.3 is 0 Å². The summed E-state index contributed by atoms with van der Waals surface area (Å²) in [5.41, 5.74) is 0. The van der Waals surface area contributed by atoms with E-state index in [9.17, 15) is 0 Å². The van der Waals surface area contributed by atoms with E-state index in [1.807, 2.05) is 17.8 Å². The molecule has 5 heteroatoms. The van der Waals surface area contributed by atoms with E-state index in [1.54, 1.807) is 0 Å². The molecule has 1 heterocycles. The normalized spacial score (nSPS) is 12.9. The molecule has 2 nitrogen and oxygen atoms in total. The van der Waals surface area contributed by atoms with Gasteiger partial charge in [0.15, 0.2) is 0 Å². The van der Waals surface area contributed by atoms with Crippen LogP contribution in [0.2, 0.25) is 0 Å². The first-order valence-electron chi connectivity index (χ1n) is 4.42. The second-order valence-corrected chi connectivity index (χ2v) is 6.01. The van der Waals surface area contributed by atoms with Crippen LogP contribution in [0.5, 0.6) is 0 Å². The monoisotopic (exact) mass is 338 g/mol. The Labute approximate surface area is 106 Å². The van der Waals surface area contributed by atoms with Crippen LogP contribution in [0, 0.1) is 0 Å². The van der Waals surface area contributed by atoms with Gasteiger partial charge < -0.3 is 0 Å². The van der Waals surface area contributed by atoms with Crippen molar-refractivity contribution in [1.29, 1.82) is 0 Å². The molecule has 0 aromatic carbocycles. The number of rotatable bonds is 4. The maximum atomic E-state index is 4.29. The highest BCUT2D eigenvalue weighted by molar-refractivity contribution is 9.11. The number of aromatic nitrogens is 2. The lowest BCUT2D eigenvalue weighted by Crippen LogP contribution is -1.98. The van der Waals surface area contributed by atoms with E-state index in [1.165, 1.54) is 6.42 Å². The third-order valence-corrected chi connectivity index (χ3v) is 3.92. The first kappa shape index (κ1) is 12.5. The third kappa shape index (κ3) is 4.28. The van der Waals surface area contributed by atoms with E-state index in [2.05, 4.69) is 55.7 Å². The van der Waals surface area contributed by atoms with Crippen molar-refractivity contribution in [3.05, 3.63) is 21.1 Å². The zero-order chi connectivity index (χ0) is 10.6. The van der Waals surface area contributed by atoms with E-state index in [0.29, 0.717) is 5.25 Å². The molecular weight excluding hydrogens is 328 g/mol. The van der Waals surface area contributed by atoms with Gasteiger partial charge in [0, 0.05) is 11.3 Å². The van der Waals surface area contributed by atoms with Crippen molar-refractivity contribution in [1.82, 2.24) is 9.97 Å². The SMILES string of the molecule is CCC(C)SCc1nc(Br)cc(Br)n1.